The van der Waals surface area contributed by atoms with Gasteiger partial charge in [0.05, 0.1) is 0 Å². The van der Waals surface area contributed by atoms with Gasteiger partial charge in [-0.1, -0.05) is 12.1 Å². The minimum absolute atomic E-state index is 0.115. The van der Waals surface area contributed by atoms with E-state index in [9.17, 15) is 14.0 Å². The number of benzene rings is 1. The van der Waals surface area contributed by atoms with Crippen molar-refractivity contribution >= 4 is 18.0 Å². The first-order valence-electron chi connectivity index (χ1n) is 4.90. The van der Waals surface area contributed by atoms with Crippen LogP contribution in [0.4, 0.5) is 4.39 Å². The third-order valence-electron chi connectivity index (χ3n) is 2.10. The molecule has 1 aromatic rings. The number of carbonyl (C=O) groups is 2. The molecule has 0 atom stereocenters. The van der Waals surface area contributed by atoms with Crippen LogP contribution in [0.3, 0.4) is 0 Å². The first-order valence-corrected chi connectivity index (χ1v) is 4.90. The van der Waals surface area contributed by atoms with Gasteiger partial charge in [0.15, 0.2) is 0 Å². The Hall–Kier alpha value is -2.17. The van der Waals surface area contributed by atoms with Gasteiger partial charge in [-0.3, -0.25) is 4.79 Å². The number of hydrogen-bond acceptors (Lipinski definition) is 2. The molecule has 0 aliphatic heterocycles. The molecule has 0 aliphatic carbocycles. The molecule has 0 heterocycles. The summed E-state index contributed by atoms with van der Waals surface area (Å²) in [5.41, 5.74) is 0.726. The Morgan fingerprint density at radius 2 is 2.00 bits per heavy atom. The van der Waals surface area contributed by atoms with Crippen LogP contribution in [0.25, 0.3) is 6.08 Å². The molecule has 0 amide bonds. The highest BCUT2D eigenvalue weighted by molar-refractivity contribution is 5.85. The molecule has 90 valence electrons. The molecule has 4 nitrogen and oxygen atoms in total. The van der Waals surface area contributed by atoms with E-state index >= 15 is 0 Å². The molecule has 0 saturated carbocycles. The largest absolute Gasteiger partial charge is 0.481 e. The number of aryl methyl sites for hydroxylation is 1. The molecule has 0 radical (unpaired) electrons. The zero-order valence-electron chi connectivity index (χ0n) is 8.89. The lowest BCUT2D eigenvalue weighted by Gasteiger charge is -2.02. The maximum Gasteiger partial charge on any atom is 0.328 e. The quantitative estimate of drug-likeness (QED) is 0.769. The highest BCUT2D eigenvalue weighted by Crippen LogP contribution is 2.13. The van der Waals surface area contributed by atoms with Crippen LogP contribution in [0.15, 0.2) is 24.3 Å². The van der Waals surface area contributed by atoms with Gasteiger partial charge in [-0.25, -0.2) is 9.18 Å². The molecule has 0 unspecified atom stereocenters. The molecule has 0 spiro atoms. The van der Waals surface area contributed by atoms with Crippen LogP contribution in [0.5, 0.6) is 0 Å². The maximum atomic E-state index is 13.5. The lowest BCUT2D eigenvalue weighted by atomic mass is 10.1. The minimum Gasteiger partial charge on any atom is -0.481 e. The van der Waals surface area contributed by atoms with E-state index in [4.69, 9.17) is 10.2 Å². The van der Waals surface area contributed by atoms with E-state index in [2.05, 4.69) is 0 Å². The fourth-order valence-corrected chi connectivity index (χ4v) is 1.28. The van der Waals surface area contributed by atoms with Gasteiger partial charge in [0.1, 0.15) is 5.82 Å². The molecule has 17 heavy (non-hydrogen) atoms. The zero-order chi connectivity index (χ0) is 12.8. The summed E-state index contributed by atoms with van der Waals surface area (Å²) >= 11 is 0. The van der Waals surface area contributed by atoms with Crippen LogP contribution in [0.1, 0.15) is 17.5 Å². The maximum absolute atomic E-state index is 13.5. The number of carboxylic acids is 2. The second-order valence-electron chi connectivity index (χ2n) is 3.42. The van der Waals surface area contributed by atoms with Crippen molar-refractivity contribution in [1.29, 1.82) is 0 Å². The van der Waals surface area contributed by atoms with E-state index in [1.807, 2.05) is 0 Å². The first kappa shape index (κ1) is 12.9. The van der Waals surface area contributed by atoms with E-state index < -0.39 is 17.8 Å². The summed E-state index contributed by atoms with van der Waals surface area (Å²) in [5, 5.41) is 16.9. The van der Waals surface area contributed by atoms with Gasteiger partial charge < -0.3 is 10.2 Å². The van der Waals surface area contributed by atoms with Crippen molar-refractivity contribution in [1.82, 2.24) is 0 Å². The average Bonchev–Trinajstić information content (AvgIpc) is 2.24. The highest BCUT2D eigenvalue weighted by Gasteiger charge is 2.05. The number of rotatable bonds is 5. The monoisotopic (exact) mass is 238 g/mol. The summed E-state index contributed by atoms with van der Waals surface area (Å²) in [6.07, 6.45) is 2.16. The van der Waals surface area contributed by atoms with Crippen LogP contribution in [-0.4, -0.2) is 22.2 Å². The van der Waals surface area contributed by atoms with Crippen LogP contribution >= 0.6 is 0 Å². The molecule has 1 aromatic carbocycles. The SMILES string of the molecule is O=C(O)C=Cc1ccc(CCC(=O)O)c(F)c1. The van der Waals surface area contributed by atoms with Gasteiger partial charge in [0.2, 0.25) is 0 Å². The summed E-state index contributed by atoms with van der Waals surface area (Å²) in [6, 6.07) is 4.18. The summed E-state index contributed by atoms with van der Waals surface area (Å²) < 4.78 is 13.5. The van der Waals surface area contributed by atoms with E-state index in [0.717, 1.165) is 6.08 Å². The van der Waals surface area contributed by atoms with Crippen LogP contribution in [-0.2, 0) is 16.0 Å². The Labute approximate surface area is 97.0 Å². The fourth-order valence-electron chi connectivity index (χ4n) is 1.28. The molecular weight excluding hydrogens is 227 g/mol. The molecular formula is C12H11FO4. The van der Waals surface area contributed by atoms with Crippen molar-refractivity contribution in [2.24, 2.45) is 0 Å². The van der Waals surface area contributed by atoms with Gasteiger partial charge in [-0.15, -0.1) is 0 Å². The van der Waals surface area contributed by atoms with Crippen LogP contribution in [0, 0.1) is 5.82 Å². The molecule has 0 aromatic heterocycles. The molecule has 0 saturated heterocycles. The summed E-state index contributed by atoms with van der Waals surface area (Å²) in [4.78, 5) is 20.6. The van der Waals surface area contributed by atoms with Crippen molar-refractivity contribution in [3.8, 4) is 0 Å². The third kappa shape index (κ3) is 4.46. The Bertz CT molecular complexity index is 466. The van der Waals surface area contributed by atoms with Crippen molar-refractivity contribution in [3.63, 3.8) is 0 Å². The highest BCUT2D eigenvalue weighted by atomic mass is 19.1. The van der Waals surface area contributed by atoms with Gasteiger partial charge >= 0.3 is 11.9 Å². The Morgan fingerprint density at radius 1 is 1.29 bits per heavy atom. The van der Waals surface area contributed by atoms with Crippen LogP contribution in [0.2, 0.25) is 0 Å². The second kappa shape index (κ2) is 5.79. The number of halogens is 1. The lowest BCUT2D eigenvalue weighted by molar-refractivity contribution is -0.137. The van der Waals surface area contributed by atoms with Crippen molar-refractivity contribution in [2.45, 2.75) is 12.8 Å². The average molecular weight is 238 g/mol. The summed E-state index contributed by atoms with van der Waals surface area (Å²) in [6.45, 7) is 0. The van der Waals surface area contributed by atoms with Crippen molar-refractivity contribution < 1.29 is 24.2 Å². The molecule has 1 rings (SSSR count). The topological polar surface area (TPSA) is 74.6 Å². The van der Waals surface area contributed by atoms with Gasteiger partial charge in [0, 0.05) is 12.5 Å². The standard InChI is InChI=1S/C12H11FO4/c13-10-7-8(2-5-11(14)15)1-3-9(10)4-6-12(16)17/h1-3,5,7H,4,6H2,(H,14,15)(H,16,17). The van der Waals surface area contributed by atoms with Gasteiger partial charge in [0.25, 0.3) is 0 Å². The van der Waals surface area contributed by atoms with E-state index in [1.165, 1.54) is 18.2 Å². The minimum atomic E-state index is -1.11. The van der Waals surface area contributed by atoms with Gasteiger partial charge in [-0.05, 0) is 29.7 Å². The number of carboxylic acid groups (broad SMARTS) is 2. The first-order chi connectivity index (χ1) is 7.99. The van der Waals surface area contributed by atoms with E-state index in [1.54, 1.807) is 6.07 Å². The predicted molar refractivity (Wildman–Crippen MR) is 59.0 cm³/mol. The Morgan fingerprint density at radius 3 is 2.53 bits per heavy atom. The second-order valence-corrected chi connectivity index (χ2v) is 3.42. The van der Waals surface area contributed by atoms with Crippen molar-refractivity contribution in [2.75, 3.05) is 0 Å². The summed E-state index contributed by atoms with van der Waals surface area (Å²) in [7, 11) is 0. The van der Waals surface area contributed by atoms with Crippen LogP contribution < -0.4 is 0 Å². The molecule has 2 N–H and O–H groups in total. The summed E-state index contributed by atoms with van der Waals surface area (Å²) in [5.74, 6) is -2.63. The fraction of sp³-hybridized carbons (Fsp3) is 0.167. The zero-order valence-corrected chi connectivity index (χ0v) is 8.89. The normalized spacial score (nSPS) is 10.6. The molecule has 5 heteroatoms. The number of hydrogen-bond donors (Lipinski definition) is 2. The smallest absolute Gasteiger partial charge is 0.328 e. The molecule has 0 aliphatic rings. The Balaban J connectivity index is 2.79. The number of aliphatic carboxylic acids is 2. The lowest BCUT2D eigenvalue weighted by Crippen LogP contribution is -1.99. The van der Waals surface area contributed by atoms with E-state index in [-0.39, 0.29) is 12.8 Å². The third-order valence-corrected chi connectivity index (χ3v) is 2.10. The van der Waals surface area contributed by atoms with E-state index in [0.29, 0.717) is 11.1 Å². The van der Waals surface area contributed by atoms with Gasteiger partial charge in [-0.2, -0.15) is 0 Å². The predicted octanol–water partition coefficient (Wildman–Crippen LogP) is 1.94. The Kier molecular flexibility index (Phi) is 4.39. The van der Waals surface area contributed by atoms with Crippen molar-refractivity contribution in [3.05, 3.63) is 41.2 Å². The molecule has 0 bridgehead atoms. The molecule has 0 fully saturated rings.